The highest BCUT2D eigenvalue weighted by atomic mass is 35.5. The average molecular weight is 594 g/mol. The lowest BCUT2D eigenvalue weighted by atomic mass is 10.1. The Morgan fingerprint density at radius 1 is 1.20 bits per heavy atom. The van der Waals surface area contributed by atoms with Crippen LogP contribution in [0.2, 0.25) is 5.02 Å². The van der Waals surface area contributed by atoms with Crippen molar-refractivity contribution in [2.45, 2.75) is 65.6 Å². The van der Waals surface area contributed by atoms with Crippen LogP contribution in [-0.4, -0.2) is 58.0 Å². The Bertz CT molecular complexity index is 1550. The second-order valence-corrected chi connectivity index (χ2v) is 10.9. The van der Waals surface area contributed by atoms with Gasteiger partial charge < -0.3 is 24.3 Å². The molecule has 1 fully saturated rings. The largest absolute Gasteiger partial charge is 0.465 e. The highest BCUT2D eigenvalue weighted by molar-refractivity contribution is 6.31. The first-order chi connectivity index (χ1) is 19.3. The van der Waals surface area contributed by atoms with Crippen LogP contribution in [0.4, 0.5) is 15.0 Å². The molecule has 0 saturated carbocycles. The van der Waals surface area contributed by atoms with Gasteiger partial charge in [-0.25, -0.2) is 18.8 Å². The van der Waals surface area contributed by atoms with Crippen LogP contribution >= 0.6 is 11.6 Å². The number of halogens is 2. The van der Waals surface area contributed by atoms with Crippen molar-refractivity contribution >= 4 is 40.5 Å². The van der Waals surface area contributed by atoms with Gasteiger partial charge in [0.1, 0.15) is 28.3 Å². The smallest absolute Gasteiger partial charge is 0.407 e. The number of alkyl carbamates (subject to hydrolysis) is 1. The molecule has 224 valence electrons. The quantitative estimate of drug-likeness (QED) is 0.425. The first-order valence-corrected chi connectivity index (χ1v) is 13.8. The van der Waals surface area contributed by atoms with E-state index in [0.717, 1.165) is 4.57 Å². The highest BCUT2D eigenvalue weighted by Crippen LogP contribution is 2.35. The van der Waals surface area contributed by atoms with E-state index in [1.807, 2.05) is 18.7 Å². The first-order valence-electron chi connectivity index (χ1n) is 13.4. The number of nitrogens with zero attached hydrogens (tertiary/aromatic N) is 3. The number of anilines is 1. The molecule has 0 unspecified atom stereocenters. The van der Waals surface area contributed by atoms with E-state index in [1.165, 1.54) is 36.9 Å². The van der Waals surface area contributed by atoms with Gasteiger partial charge in [0.15, 0.2) is 0 Å². The van der Waals surface area contributed by atoms with E-state index in [9.17, 15) is 23.6 Å². The number of hydrogen-bond acceptors (Lipinski definition) is 7. The molecule has 1 amide bonds. The van der Waals surface area contributed by atoms with Crippen LogP contribution in [0, 0.1) is 5.82 Å². The Balaban J connectivity index is 0.00000226. The van der Waals surface area contributed by atoms with Crippen LogP contribution < -0.4 is 21.5 Å². The minimum Gasteiger partial charge on any atom is -0.465 e. The second-order valence-electron chi connectivity index (χ2n) is 10.5. The maximum absolute atomic E-state index is 14.2. The molecule has 0 spiro atoms. The fourth-order valence-corrected chi connectivity index (χ4v) is 5.04. The summed E-state index contributed by atoms with van der Waals surface area (Å²) in [6.07, 6.45) is 0.713. The van der Waals surface area contributed by atoms with Crippen molar-refractivity contribution in [3.63, 3.8) is 0 Å². The monoisotopic (exact) mass is 593 g/mol. The van der Waals surface area contributed by atoms with Gasteiger partial charge in [0.2, 0.25) is 0 Å². The van der Waals surface area contributed by atoms with Gasteiger partial charge in [-0.3, -0.25) is 14.3 Å². The lowest BCUT2D eigenvalue weighted by Crippen LogP contribution is -2.49. The lowest BCUT2D eigenvalue weighted by molar-refractivity contribution is 0.0498. The molecule has 1 saturated heterocycles. The van der Waals surface area contributed by atoms with Crippen LogP contribution in [0.5, 0.6) is 0 Å². The van der Waals surface area contributed by atoms with Gasteiger partial charge in [-0.05, 0) is 57.4 Å². The number of hydrogen-bond donors (Lipinski definition) is 2. The van der Waals surface area contributed by atoms with Crippen molar-refractivity contribution in [1.82, 2.24) is 19.4 Å². The van der Waals surface area contributed by atoms with Crippen molar-refractivity contribution in [1.29, 1.82) is 0 Å². The van der Waals surface area contributed by atoms with Gasteiger partial charge in [-0.1, -0.05) is 25.4 Å². The maximum atomic E-state index is 14.2. The van der Waals surface area contributed by atoms with Crippen LogP contribution in [0.25, 0.3) is 11.0 Å². The number of methoxy groups -OCH3 is 1. The summed E-state index contributed by atoms with van der Waals surface area (Å²) in [7, 11) is 2.63. The third-order valence-corrected chi connectivity index (χ3v) is 6.82. The number of aryl methyl sites for hydroxylation is 1. The van der Waals surface area contributed by atoms with Gasteiger partial charge in [0, 0.05) is 31.2 Å². The number of ether oxygens (including phenoxy) is 2. The topological polar surface area (TPSA) is 128 Å². The van der Waals surface area contributed by atoms with Crippen molar-refractivity contribution in [3.8, 4) is 0 Å². The Kier molecular flexibility index (Phi) is 9.90. The first kappa shape index (κ1) is 31.7. The Morgan fingerprint density at radius 2 is 1.88 bits per heavy atom. The predicted molar refractivity (Wildman–Crippen MR) is 156 cm³/mol. The second kappa shape index (κ2) is 12.8. The Hall–Kier alpha value is -3.80. The fourth-order valence-electron chi connectivity index (χ4n) is 4.86. The Labute approximate surface area is 242 Å². The number of amides is 1. The number of carbonyl (C=O) groups is 2. The van der Waals surface area contributed by atoms with Crippen molar-refractivity contribution in [2.24, 2.45) is 7.05 Å². The molecule has 3 aromatic rings. The fraction of sp³-hybridized carbons (Fsp3) is 0.500. The summed E-state index contributed by atoms with van der Waals surface area (Å²) in [5.41, 5.74) is -1.66. The number of carbonyl (C=O) groups excluding carboxylic acids is 2. The van der Waals surface area contributed by atoms with E-state index in [2.05, 4.69) is 10.3 Å². The predicted octanol–water partition coefficient (Wildman–Crippen LogP) is 4.18. The molecule has 1 aliphatic rings. The van der Waals surface area contributed by atoms with Crippen LogP contribution in [-0.2, 0) is 23.1 Å². The van der Waals surface area contributed by atoms with E-state index in [-0.39, 0.29) is 40.8 Å². The standard InChI is InChI=1S/C26H31ClFN5O6.C2H6/c1-26(2,3)39-25(37)29-16-7-6-10-32(13-16)22-18(23(35)38-5)19-20(21(34)30-24(36)31(19)4)33(22)12-14-11-15(28)8-9-17(14)27;1-2/h8-9,11,16H,6-7,10,12-13H2,1-5H3,(H,29,37)(H,30,34,36);1-2H3/t16-;/m1./s1. The van der Waals surface area contributed by atoms with E-state index in [0.29, 0.717) is 30.8 Å². The van der Waals surface area contributed by atoms with E-state index < -0.39 is 34.7 Å². The number of aromatic amines is 1. The molecule has 0 bridgehead atoms. The zero-order chi connectivity index (χ0) is 30.6. The highest BCUT2D eigenvalue weighted by Gasteiger charge is 2.34. The van der Waals surface area contributed by atoms with Crippen molar-refractivity contribution < 1.29 is 23.5 Å². The van der Waals surface area contributed by atoms with Gasteiger partial charge in [-0.15, -0.1) is 0 Å². The SMILES string of the molecule is CC.COC(=O)c1c(N2CCC[C@@H](NC(=O)OC(C)(C)C)C2)n(Cc2cc(F)ccc2Cl)c2c(=O)[nH]c(=O)n(C)c12. The molecule has 3 heterocycles. The molecule has 1 aromatic carbocycles. The summed E-state index contributed by atoms with van der Waals surface area (Å²) in [5.74, 6) is -0.997. The van der Waals surface area contributed by atoms with E-state index >= 15 is 0 Å². The summed E-state index contributed by atoms with van der Waals surface area (Å²) in [6.45, 7) is 9.94. The molecule has 1 aliphatic heterocycles. The maximum Gasteiger partial charge on any atom is 0.407 e. The summed E-state index contributed by atoms with van der Waals surface area (Å²) >= 11 is 6.37. The molecule has 0 aliphatic carbocycles. The minimum atomic E-state index is -0.762. The van der Waals surface area contributed by atoms with Crippen LogP contribution in [0.15, 0.2) is 27.8 Å². The number of nitrogens with one attached hydrogen (secondary N) is 2. The number of benzene rings is 1. The molecule has 0 radical (unpaired) electrons. The Morgan fingerprint density at radius 3 is 2.51 bits per heavy atom. The molecule has 13 heteroatoms. The molecular formula is C28H37ClFN5O6. The number of rotatable bonds is 5. The van der Waals surface area contributed by atoms with Gasteiger partial charge in [0.05, 0.1) is 19.2 Å². The summed E-state index contributed by atoms with van der Waals surface area (Å²) < 4.78 is 27.4. The average Bonchev–Trinajstić information content (AvgIpc) is 3.24. The number of piperidine rings is 1. The zero-order valence-corrected chi connectivity index (χ0v) is 25.1. The number of aromatic nitrogens is 3. The van der Waals surface area contributed by atoms with Crippen LogP contribution in [0.1, 0.15) is 63.4 Å². The zero-order valence-electron chi connectivity index (χ0n) is 24.4. The number of H-pyrrole nitrogens is 1. The molecule has 11 nitrogen and oxygen atoms in total. The summed E-state index contributed by atoms with van der Waals surface area (Å²) in [6, 6.07) is 3.52. The number of fused-ring (bicyclic) bond motifs is 1. The van der Waals surface area contributed by atoms with Gasteiger partial charge in [0.25, 0.3) is 5.56 Å². The van der Waals surface area contributed by atoms with Crippen LogP contribution in [0.3, 0.4) is 0 Å². The minimum absolute atomic E-state index is 0.00337. The normalized spacial score (nSPS) is 15.2. The molecule has 4 rings (SSSR count). The molecule has 1 atom stereocenters. The molecule has 2 N–H and O–H groups in total. The van der Waals surface area contributed by atoms with Gasteiger partial charge >= 0.3 is 17.8 Å². The van der Waals surface area contributed by atoms with Crippen molar-refractivity contribution in [2.75, 3.05) is 25.1 Å². The lowest BCUT2D eigenvalue weighted by Gasteiger charge is -2.36. The van der Waals surface area contributed by atoms with E-state index in [4.69, 9.17) is 21.1 Å². The summed E-state index contributed by atoms with van der Waals surface area (Å²) in [5, 5.41) is 3.12. The summed E-state index contributed by atoms with van der Waals surface area (Å²) in [4.78, 5) is 55.5. The third-order valence-electron chi connectivity index (χ3n) is 6.45. The molecule has 2 aromatic heterocycles. The van der Waals surface area contributed by atoms with E-state index in [1.54, 1.807) is 20.8 Å². The third kappa shape index (κ3) is 6.92. The van der Waals surface area contributed by atoms with Crippen molar-refractivity contribution in [3.05, 3.63) is 61.0 Å². The molecule has 41 heavy (non-hydrogen) atoms. The number of esters is 1. The molecular weight excluding hydrogens is 557 g/mol. The van der Waals surface area contributed by atoms with Gasteiger partial charge in [-0.2, -0.15) is 0 Å².